The molecule has 1 saturated carbocycles. The largest absolute Gasteiger partial charge is 0.377 e. The molecule has 0 aliphatic heterocycles. The Morgan fingerprint density at radius 1 is 1.15 bits per heavy atom. The Morgan fingerprint density at radius 3 is 2.52 bits per heavy atom. The summed E-state index contributed by atoms with van der Waals surface area (Å²) < 4.78 is 13.8. The predicted octanol–water partition coefficient (Wildman–Crippen LogP) is 5.38. The number of halogens is 2. The first kappa shape index (κ1) is 19.1. The van der Waals surface area contributed by atoms with Gasteiger partial charge in [-0.2, -0.15) is 0 Å². The van der Waals surface area contributed by atoms with Crippen molar-refractivity contribution in [2.45, 2.75) is 38.1 Å². The second kappa shape index (κ2) is 8.35. The zero-order valence-corrected chi connectivity index (χ0v) is 15.3. The van der Waals surface area contributed by atoms with E-state index < -0.39 is 16.6 Å². The lowest BCUT2D eigenvalue weighted by molar-refractivity contribution is -0.384. The van der Waals surface area contributed by atoms with Crippen LogP contribution in [-0.2, 0) is 0 Å². The second-order valence-electron chi connectivity index (χ2n) is 6.52. The van der Waals surface area contributed by atoms with E-state index in [1.807, 2.05) is 0 Å². The first-order chi connectivity index (χ1) is 13.0. The average Bonchev–Trinajstić information content (AvgIpc) is 2.65. The number of benzene rings is 2. The van der Waals surface area contributed by atoms with Crippen molar-refractivity contribution in [3.8, 4) is 0 Å². The molecule has 1 aliphatic carbocycles. The third-order valence-corrected chi connectivity index (χ3v) is 4.93. The molecule has 0 unspecified atom stereocenters. The summed E-state index contributed by atoms with van der Waals surface area (Å²) in [6.45, 7) is 0. The number of nitrogens with zero attached hydrogens (tertiary/aromatic N) is 1. The Balaban J connectivity index is 1.88. The smallest absolute Gasteiger partial charge is 0.293 e. The fourth-order valence-corrected chi connectivity index (χ4v) is 3.43. The normalized spacial score (nSPS) is 14.6. The van der Waals surface area contributed by atoms with Crippen LogP contribution < -0.4 is 10.6 Å². The minimum Gasteiger partial charge on any atom is -0.377 e. The minimum atomic E-state index is -0.674. The van der Waals surface area contributed by atoms with Gasteiger partial charge in [-0.15, -0.1) is 0 Å². The maximum Gasteiger partial charge on any atom is 0.293 e. The molecule has 0 bridgehead atoms. The molecule has 1 fully saturated rings. The van der Waals surface area contributed by atoms with Crippen molar-refractivity contribution in [2.75, 3.05) is 10.6 Å². The zero-order valence-electron chi connectivity index (χ0n) is 14.5. The molecule has 3 rings (SSSR count). The van der Waals surface area contributed by atoms with Gasteiger partial charge in [0.15, 0.2) is 0 Å². The molecule has 6 nitrogen and oxygen atoms in total. The molecule has 142 valence electrons. The number of carbonyl (C=O) groups excluding carboxylic acids is 1. The summed E-state index contributed by atoms with van der Waals surface area (Å²) in [6, 6.07) is 8.34. The van der Waals surface area contributed by atoms with Gasteiger partial charge in [-0.3, -0.25) is 14.9 Å². The number of anilines is 2. The van der Waals surface area contributed by atoms with Gasteiger partial charge in [-0.25, -0.2) is 4.39 Å². The van der Waals surface area contributed by atoms with E-state index in [0.717, 1.165) is 32.1 Å². The number of amides is 1. The van der Waals surface area contributed by atoms with Gasteiger partial charge in [0.05, 0.1) is 21.2 Å². The molecule has 27 heavy (non-hydrogen) atoms. The van der Waals surface area contributed by atoms with Crippen LogP contribution in [0, 0.1) is 15.9 Å². The lowest BCUT2D eigenvalue weighted by Crippen LogP contribution is -2.23. The van der Waals surface area contributed by atoms with Gasteiger partial charge < -0.3 is 10.6 Å². The van der Waals surface area contributed by atoms with Crippen molar-refractivity contribution in [2.24, 2.45) is 0 Å². The highest BCUT2D eigenvalue weighted by Gasteiger charge is 2.22. The third-order valence-electron chi connectivity index (χ3n) is 4.61. The van der Waals surface area contributed by atoms with Crippen LogP contribution in [0.5, 0.6) is 0 Å². The number of hydrogen-bond acceptors (Lipinski definition) is 4. The van der Waals surface area contributed by atoms with E-state index in [2.05, 4.69) is 10.6 Å². The van der Waals surface area contributed by atoms with Crippen LogP contribution in [0.25, 0.3) is 0 Å². The number of nitrogens with one attached hydrogen (secondary N) is 2. The van der Waals surface area contributed by atoms with Crippen LogP contribution in [0.2, 0.25) is 5.02 Å². The number of nitro groups is 1. The fraction of sp³-hybridized carbons (Fsp3) is 0.316. The van der Waals surface area contributed by atoms with E-state index >= 15 is 0 Å². The predicted molar refractivity (Wildman–Crippen MR) is 103 cm³/mol. The molecular formula is C19H19ClFN3O3. The number of carbonyl (C=O) groups is 1. The quantitative estimate of drug-likeness (QED) is 0.529. The van der Waals surface area contributed by atoms with Crippen molar-refractivity contribution in [1.82, 2.24) is 0 Å². The van der Waals surface area contributed by atoms with Crippen molar-refractivity contribution in [3.05, 3.63) is 62.9 Å². The standard InChI is InChI=1S/C19H19ClFN3O3/c20-14-10-18(24(26)27)17(22-12-6-2-1-3-7-12)11-16(14)23-19(25)13-8-4-5-9-15(13)21/h4-5,8-12,22H,1-3,6-7H2,(H,23,25). The molecule has 1 amide bonds. The van der Waals surface area contributed by atoms with Crippen LogP contribution in [0.1, 0.15) is 42.5 Å². The van der Waals surface area contributed by atoms with Crippen molar-refractivity contribution >= 4 is 34.6 Å². The van der Waals surface area contributed by atoms with Crippen molar-refractivity contribution in [3.63, 3.8) is 0 Å². The van der Waals surface area contributed by atoms with Gasteiger partial charge in [0, 0.05) is 12.1 Å². The summed E-state index contributed by atoms with van der Waals surface area (Å²) >= 11 is 6.12. The third kappa shape index (κ3) is 4.54. The number of rotatable bonds is 5. The Labute approximate surface area is 160 Å². The van der Waals surface area contributed by atoms with E-state index in [4.69, 9.17) is 11.6 Å². The monoisotopic (exact) mass is 391 g/mol. The zero-order chi connectivity index (χ0) is 19.4. The van der Waals surface area contributed by atoms with E-state index in [9.17, 15) is 19.3 Å². The lowest BCUT2D eigenvalue weighted by atomic mass is 9.95. The molecule has 0 saturated heterocycles. The summed E-state index contributed by atoms with van der Waals surface area (Å²) in [7, 11) is 0. The molecule has 0 radical (unpaired) electrons. The molecule has 0 heterocycles. The van der Waals surface area contributed by atoms with E-state index in [-0.39, 0.29) is 28.0 Å². The van der Waals surface area contributed by atoms with Crippen molar-refractivity contribution < 1.29 is 14.1 Å². The average molecular weight is 392 g/mol. The highest BCUT2D eigenvalue weighted by molar-refractivity contribution is 6.34. The summed E-state index contributed by atoms with van der Waals surface area (Å²) in [5, 5.41) is 17.1. The molecule has 8 heteroatoms. The van der Waals surface area contributed by atoms with Gasteiger partial charge >= 0.3 is 0 Å². The van der Waals surface area contributed by atoms with Crippen LogP contribution in [0.15, 0.2) is 36.4 Å². The van der Waals surface area contributed by atoms with E-state index in [0.29, 0.717) is 5.69 Å². The molecule has 2 aromatic carbocycles. The van der Waals surface area contributed by atoms with E-state index in [1.165, 1.54) is 30.3 Å². The van der Waals surface area contributed by atoms with Crippen LogP contribution in [-0.4, -0.2) is 16.9 Å². The van der Waals surface area contributed by atoms with Crippen LogP contribution in [0.4, 0.5) is 21.5 Å². The molecule has 2 N–H and O–H groups in total. The maximum atomic E-state index is 13.8. The Bertz CT molecular complexity index is 869. The maximum absolute atomic E-state index is 13.8. The van der Waals surface area contributed by atoms with E-state index in [1.54, 1.807) is 6.07 Å². The second-order valence-corrected chi connectivity index (χ2v) is 6.93. The molecular weight excluding hydrogens is 373 g/mol. The molecule has 2 aromatic rings. The van der Waals surface area contributed by atoms with Crippen LogP contribution in [0.3, 0.4) is 0 Å². The topological polar surface area (TPSA) is 84.3 Å². The molecule has 0 spiro atoms. The van der Waals surface area contributed by atoms with Gasteiger partial charge in [0.2, 0.25) is 0 Å². The summed E-state index contributed by atoms with van der Waals surface area (Å²) in [4.78, 5) is 23.2. The number of nitro benzene ring substituents is 1. The van der Waals surface area contributed by atoms with Gasteiger partial charge in [-0.05, 0) is 31.0 Å². The summed E-state index contributed by atoms with van der Waals surface area (Å²) in [6.07, 6.45) is 5.14. The Kier molecular flexibility index (Phi) is 5.91. The molecule has 1 aliphatic rings. The molecule has 0 aromatic heterocycles. The SMILES string of the molecule is O=C(Nc1cc(NC2CCCCC2)c([N+](=O)[O-])cc1Cl)c1ccccc1F. The fourth-order valence-electron chi connectivity index (χ4n) is 3.23. The van der Waals surface area contributed by atoms with Crippen molar-refractivity contribution in [1.29, 1.82) is 0 Å². The van der Waals surface area contributed by atoms with Crippen LogP contribution >= 0.6 is 11.6 Å². The summed E-state index contributed by atoms with van der Waals surface area (Å²) in [5.41, 5.74) is 0.192. The first-order valence-electron chi connectivity index (χ1n) is 8.76. The molecule has 0 atom stereocenters. The summed E-state index contributed by atoms with van der Waals surface area (Å²) in [5.74, 6) is -1.33. The Morgan fingerprint density at radius 2 is 1.85 bits per heavy atom. The van der Waals surface area contributed by atoms with Gasteiger partial charge in [0.25, 0.3) is 11.6 Å². The lowest BCUT2D eigenvalue weighted by Gasteiger charge is -2.24. The highest BCUT2D eigenvalue weighted by atomic mass is 35.5. The Hall–Kier alpha value is -2.67. The number of hydrogen-bond donors (Lipinski definition) is 2. The highest BCUT2D eigenvalue weighted by Crippen LogP contribution is 2.36. The van der Waals surface area contributed by atoms with Gasteiger partial charge in [0.1, 0.15) is 11.5 Å². The minimum absolute atomic E-state index is 0.0144. The first-order valence-corrected chi connectivity index (χ1v) is 9.14. The van der Waals surface area contributed by atoms with Gasteiger partial charge in [-0.1, -0.05) is 43.0 Å².